The van der Waals surface area contributed by atoms with Crippen molar-refractivity contribution in [3.05, 3.63) is 53.4 Å². The van der Waals surface area contributed by atoms with E-state index in [2.05, 4.69) is 44.2 Å². The molecule has 4 atom stereocenters. The predicted molar refractivity (Wildman–Crippen MR) is 181 cm³/mol. The number of nitrogens with zero attached hydrogens (tertiary/aromatic N) is 1. The number of ether oxygens (including phenoxy) is 2. The summed E-state index contributed by atoms with van der Waals surface area (Å²) in [5, 5.41) is 2.48. The van der Waals surface area contributed by atoms with Crippen molar-refractivity contribution in [2.24, 2.45) is 5.92 Å². The average molecular weight is 719 g/mol. The van der Waals surface area contributed by atoms with Crippen LogP contribution in [-0.2, 0) is 25.0 Å². The number of hydrogen-bond acceptors (Lipinski definition) is 6. The lowest BCUT2D eigenvalue weighted by molar-refractivity contribution is -0.272. The van der Waals surface area contributed by atoms with Crippen molar-refractivity contribution >= 4 is 28.2 Å². The van der Waals surface area contributed by atoms with Crippen LogP contribution in [0, 0.1) is 17.6 Å². The van der Waals surface area contributed by atoms with Crippen molar-refractivity contribution in [1.82, 2.24) is 4.98 Å². The van der Waals surface area contributed by atoms with Gasteiger partial charge in [0, 0.05) is 17.4 Å². The van der Waals surface area contributed by atoms with Crippen molar-refractivity contribution in [1.29, 1.82) is 0 Å². The molecular formula is C34H51F5N2O5Si2. The summed E-state index contributed by atoms with van der Waals surface area (Å²) in [5.41, 5.74) is -2.06. The largest absolute Gasteiger partial charge is 0.488 e. The third kappa shape index (κ3) is 8.48. The van der Waals surface area contributed by atoms with Crippen molar-refractivity contribution in [2.75, 3.05) is 18.5 Å². The van der Waals surface area contributed by atoms with Crippen LogP contribution in [0.3, 0.4) is 0 Å². The maximum atomic E-state index is 15.3. The zero-order valence-electron chi connectivity index (χ0n) is 30.1. The van der Waals surface area contributed by atoms with E-state index in [1.807, 2.05) is 33.9 Å². The van der Waals surface area contributed by atoms with Gasteiger partial charge < -0.3 is 23.6 Å². The molecule has 3 rings (SSSR count). The van der Waals surface area contributed by atoms with E-state index in [0.717, 1.165) is 19.1 Å². The summed E-state index contributed by atoms with van der Waals surface area (Å²) in [4.78, 5) is 18.0. The molecule has 2 heterocycles. The Morgan fingerprint density at radius 2 is 1.52 bits per heavy atom. The number of halogens is 5. The molecule has 0 bridgehead atoms. The van der Waals surface area contributed by atoms with E-state index in [4.69, 9.17) is 18.3 Å². The minimum atomic E-state index is -4.89. The molecule has 1 aromatic carbocycles. The number of nitrogens with one attached hydrogen (secondary N) is 1. The molecule has 1 aromatic heterocycles. The van der Waals surface area contributed by atoms with Gasteiger partial charge in [-0.2, -0.15) is 17.6 Å². The van der Waals surface area contributed by atoms with Gasteiger partial charge in [0.15, 0.2) is 33.8 Å². The Labute approximate surface area is 283 Å². The van der Waals surface area contributed by atoms with Gasteiger partial charge in [0.05, 0.1) is 30.8 Å². The lowest BCUT2D eigenvalue weighted by Crippen LogP contribution is -2.47. The van der Waals surface area contributed by atoms with E-state index in [1.165, 1.54) is 13.1 Å². The van der Waals surface area contributed by atoms with Crippen LogP contribution in [0.15, 0.2) is 30.5 Å². The van der Waals surface area contributed by atoms with Crippen molar-refractivity contribution in [3.8, 4) is 5.75 Å². The summed E-state index contributed by atoms with van der Waals surface area (Å²) in [6.45, 7) is 23.0. The zero-order chi connectivity index (χ0) is 36.7. The zero-order valence-corrected chi connectivity index (χ0v) is 32.1. The van der Waals surface area contributed by atoms with Gasteiger partial charge in [-0.05, 0) is 61.4 Å². The quantitative estimate of drug-likeness (QED) is 0.142. The maximum Gasteiger partial charge on any atom is 0.417 e. The van der Waals surface area contributed by atoms with E-state index >= 15 is 4.39 Å². The van der Waals surface area contributed by atoms with Gasteiger partial charge in [-0.25, -0.2) is 4.39 Å². The summed E-state index contributed by atoms with van der Waals surface area (Å²) < 4.78 is 96.7. The minimum absolute atomic E-state index is 0.00235. The molecule has 0 radical (unpaired) electrons. The number of amides is 1. The fourth-order valence-electron chi connectivity index (χ4n) is 4.90. The molecule has 14 heteroatoms. The summed E-state index contributed by atoms with van der Waals surface area (Å²) in [6.07, 6.45) is -5.24. The first-order chi connectivity index (χ1) is 21.7. The molecule has 1 saturated heterocycles. The van der Waals surface area contributed by atoms with E-state index < -0.39 is 69.6 Å². The van der Waals surface area contributed by atoms with Gasteiger partial charge >= 0.3 is 6.18 Å². The summed E-state index contributed by atoms with van der Waals surface area (Å²) in [5.74, 6) is -6.83. The highest BCUT2D eigenvalue weighted by atomic mass is 28.4. The van der Waals surface area contributed by atoms with Crippen LogP contribution >= 0.6 is 0 Å². The van der Waals surface area contributed by atoms with Gasteiger partial charge in [0.1, 0.15) is 12.7 Å². The Morgan fingerprint density at radius 1 is 0.938 bits per heavy atom. The van der Waals surface area contributed by atoms with Crippen LogP contribution in [0.25, 0.3) is 0 Å². The number of carbonyl (C=O) groups is 1. The SMILES string of the molecule is C[C@H]1[C@@H](c2ccc(F)c(F)c2OCCO[Si](C)(C)C(C)(C)C)[C@H](C(=O)Nc2ccc(CO[Si](C)(C)C(C)(C)C)nc2)O[C@@]1(C)C(F)(F)F. The smallest absolute Gasteiger partial charge is 0.417 e. The molecule has 2 aromatic rings. The van der Waals surface area contributed by atoms with Crippen molar-refractivity contribution in [2.45, 2.75) is 122 Å². The lowest BCUT2D eigenvalue weighted by Gasteiger charge is -2.36. The monoisotopic (exact) mass is 718 g/mol. The summed E-state index contributed by atoms with van der Waals surface area (Å²) >= 11 is 0. The standard InChI is InChI=1S/C34H51F5N2O5Si2/c1-21-26(24-15-16-25(35)27(36)28(24)43-17-18-44-47(9,10)31(2,3)4)29(46-33(21,8)34(37,38)39)30(42)41-22-13-14-23(40-19-22)20-45-48(11,12)32(5,6)7/h13-16,19,21,26,29H,17-18,20H2,1-12H3,(H,41,42)/t21-,26-,29+,33+/m0/s1. The molecule has 0 aliphatic carbocycles. The molecule has 0 unspecified atom stereocenters. The van der Waals surface area contributed by atoms with E-state index in [0.29, 0.717) is 5.69 Å². The first-order valence-electron chi connectivity index (χ1n) is 16.1. The molecule has 0 saturated carbocycles. The van der Waals surface area contributed by atoms with E-state index in [1.54, 1.807) is 12.1 Å². The number of rotatable bonds is 11. The van der Waals surface area contributed by atoms with Crippen molar-refractivity contribution in [3.63, 3.8) is 0 Å². The first-order valence-corrected chi connectivity index (χ1v) is 21.9. The Balaban J connectivity index is 1.90. The maximum absolute atomic E-state index is 15.3. The van der Waals surface area contributed by atoms with Crippen LogP contribution in [0.2, 0.25) is 36.3 Å². The Morgan fingerprint density at radius 3 is 2.04 bits per heavy atom. The second kappa shape index (κ2) is 14.1. The summed E-state index contributed by atoms with van der Waals surface area (Å²) in [7, 11) is -4.25. The van der Waals surface area contributed by atoms with Gasteiger partial charge in [0.2, 0.25) is 5.82 Å². The minimum Gasteiger partial charge on any atom is -0.488 e. The fraction of sp³-hybridized carbons (Fsp3) is 0.647. The molecule has 7 nitrogen and oxygen atoms in total. The lowest BCUT2D eigenvalue weighted by atomic mass is 9.77. The molecule has 1 fully saturated rings. The third-order valence-electron chi connectivity index (χ3n) is 10.4. The second-order valence-electron chi connectivity index (χ2n) is 15.8. The van der Waals surface area contributed by atoms with E-state index in [9.17, 15) is 22.4 Å². The fourth-order valence-corrected chi connectivity index (χ4v) is 6.87. The van der Waals surface area contributed by atoms with E-state index in [-0.39, 0.29) is 41.1 Å². The number of pyridine rings is 1. The molecule has 270 valence electrons. The topological polar surface area (TPSA) is 78.9 Å². The molecule has 48 heavy (non-hydrogen) atoms. The number of hydrogen-bond donors (Lipinski definition) is 1. The molecule has 1 N–H and O–H groups in total. The van der Waals surface area contributed by atoms with Gasteiger partial charge in [0.25, 0.3) is 5.91 Å². The number of alkyl halides is 3. The van der Waals surface area contributed by atoms with Crippen LogP contribution in [0.4, 0.5) is 27.6 Å². The molecule has 1 aliphatic rings. The van der Waals surface area contributed by atoms with Gasteiger partial charge in [-0.1, -0.05) is 54.5 Å². The molecule has 0 spiro atoms. The van der Waals surface area contributed by atoms with Gasteiger partial charge in [-0.3, -0.25) is 9.78 Å². The van der Waals surface area contributed by atoms with Crippen LogP contribution in [0.5, 0.6) is 5.75 Å². The number of aromatic nitrogens is 1. The van der Waals surface area contributed by atoms with Crippen LogP contribution in [0.1, 0.15) is 72.6 Å². The average Bonchev–Trinajstić information content (AvgIpc) is 3.23. The number of carbonyl (C=O) groups excluding carboxylic acids is 1. The number of anilines is 1. The normalized spacial score (nSPS) is 22.6. The van der Waals surface area contributed by atoms with Crippen LogP contribution in [-0.4, -0.2) is 58.6 Å². The highest BCUT2D eigenvalue weighted by molar-refractivity contribution is 6.74. The van der Waals surface area contributed by atoms with Crippen molar-refractivity contribution < 1.29 is 45.1 Å². The molecule has 1 amide bonds. The second-order valence-corrected chi connectivity index (χ2v) is 25.4. The highest BCUT2D eigenvalue weighted by Gasteiger charge is 2.66. The first kappa shape index (κ1) is 40.0. The predicted octanol–water partition coefficient (Wildman–Crippen LogP) is 9.36. The van der Waals surface area contributed by atoms with Crippen LogP contribution < -0.4 is 10.1 Å². The Kier molecular flexibility index (Phi) is 11.7. The Hall–Kier alpha value is -2.40. The molecular weight excluding hydrogens is 668 g/mol. The number of benzene rings is 1. The summed E-state index contributed by atoms with van der Waals surface area (Å²) in [6, 6.07) is 5.18. The Bertz CT molecular complexity index is 1440. The highest BCUT2D eigenvalue weighted by Crippen LogP contribution is 2.55. The molecule has 1 aliphatic heterocycles. The van der Waals surface area contributed by atoms with Gasteiger partial charge in [-0.15, -0.1) is 0 Å². The third-order valence-corrected chi connectivity index (χ3v) is 19.5.